The summed E-state index contributed by atoms with van der Waals surface area (Å²) in [7, 11) is 0. The molecule has 1 unspecified atom stereocenters. The van der Waals surface area contributed by atoms with Gasteiger partial charge in [0.05, 0.1) is 6.04 Å². The third-order valence-corrected chi connectivity index (χ3v) is 1.47. The first-order valence-corrected chi connectivity index (χ1v) is 3.04. The van der Waals surface area contributed by atoms with Crippen LogP contribution in [0.1, 0.15) is 6.92 Å². The van der Waals surface area contributed by atoms with Gasteiger partial charge in [-0.05, 0) is 12.5 Å². The number of carbonyl (C=O) groups is 1. The van der Waals surface area contributed by atoms with E-state index in [1.54, 1.807) is 0 Å². The van der Waals surface area contributed by atoms with Gasteiger partial charge in [-0.1, -0.05) is 6.58 Å². The van der Waals surface area contributed by atoms with Crippen molar-refractivity contribution < 1.29 is 9.53 Å². The molecule has 1 atom stereocenters. The zero-order valence-corrected chi connectivity index (χ0v) is 5.81. The fourth-order valence-corrected chi connectivity index (χ4v) is 0.741. The highest BCUT2D eigenvalue weighted by molar-refractivity contribution is 5.70. The van der Waals surface area contributed by atoms with Crippen molar-refractivity contribution in [2.24, 2.45) is 0 Å². The van der Waals surface area contributed by atoms with Crippen LogP contribution in [0.4, 0.5) is 4.79 Å². The summed E-state index contributed by atoms with van der Waals surface area (Å²) in [5.41, 5.74) is 3.61. The van der Waals surface area contributed by atoms with Gasteiger partial charge < -0.3 is 10.1 Å². The summed E-state index contributed by atoms with van der Waals surface area (Å²) in [6.45, 7) is 5.71. The predicted octanol–water partition coefficient (Wildman–Crippen LogP) is 0.826. The van der Waals surface area contributed by atoms with Gasteiger partial charge in [0, 0.05) is 0 Å². The largest absolute Gasteiger partial charge is 0.447 e. The van der Waals surface area contributed by atoms with Gasteiger partial charge in [-0.25, -0.2) is 4.79 Å². The molecule has 0 radical (unpaired) electrons. The second-order valence-corrected chi connectivity index (χ2v) is 2.16. The third kappa shape index (κ3) is 1.20. The Balaban J connectivity index is 2.61. The highest BCUT2D eigenvalue weighted by Gasteiger charge is 2.22. The molecule has 0 spiro atoms. The first-order chi connectivity index (χ1) is 4.74. The van der Waals surface area contributed by atoms with Crippen LogP contribution in [0.3, 0.4) is 0 Å². The minimum absolute atomic E-state index is 0.0231. The Morgan fingerprint density at radius 2 is 2.70 bits per heavy atom. The van der Waals surface area contributed by atoms with Crippen LogP contribution < -0.4 is 5.32 Å². The molecule has 54 valence electrons. The van der Waals surface area contributed by atoms with Crippen LogP contribution in [0.5, 0.6) is 0 Å². The fourth-order valence-electron chi connectivity index (χ4n) is 0.741. The zero-order chi connectivity index (χ0) is 7.56. The van der Waals surface area contributed by atoms with Crippen LogP contribution in [0.15, 0.2) is 17.9 Å². The highest BCUT2D eigenvalue weighted by atomic mass is 16.6. The Morgan fingerprint density at radius 3 is 3.10 bits per heavy atom. The van der Waals surface area contributed by atoms with E-state index in [0.717, 1.165) is 5.57 Å². The third-order valence-electron chi connectivity index (χ3n) is 1.47. The SMILES string of the molecule is C=C=C(C)C1COC(=O)N1. The summed E-state index contributed by atoms with van der Waals surface area (Å²) < 4.78 is 4.65. The first-order valence-electron chi connectivity index (χ1n) is 3.04. The Hall–Kier alpha value is -1.21. The number of cyclic esters (lactones) is 1. The van der Waals surface area contributed by atoms with E-state index in [9.17, 15) is 4.79 Å². The summed E-state index contributed by atoms with van der Waals surface area (Å²) in [5, 5.41) is 2.60. The van der Waals surface area contributed by atoms with Gasteiger partial charge in [0.25, 0.3) is 0 Å². The number of hydrogen-bond donors (Lipinski definition) is 1. The standard InChI is InChI=1S/C7H9NO2/c1-3-5(2)6-4-10-7(9)8-6/h6H,1,4H2,2H3,(H,8,9). The van der Waals surface area contributed by atoms with Crippen LogP contribution in [0.2, 0.25) is 0 Å². The monoisotopic (exact) mass is 139 g/mol. The molecule has 0 saturated carbocycles. The van der Waals surface area contributed by atoms with Crippen LogP contribution in [-0.2, 0) is 4.74 Å². The van der Waals surface area contributed by atoms with Crippen LogP contribution in [-0.4, -0.2) is 18.7 Å². The molecular weight excluding hydrogens is 130 g/mol. The fraction of sp³-hybridized carbons (Fsp3) is 0.429. The van der Waals surface area contributed by atoms with Crippen molar-refractivity contribution in [1.29, 1.82) is 0 Å². The highest BCUT2D eigenvalue weighted by Crippen LogP contribution is 2.05. The molecule has 0 aromatic rings. The van der Waals surface area contributed by atoms with Crippen molar-refractivity contribution in [1.82, 2.24) is 5.32 Å². The van der Waals surface area contributed by atoms with Gasteiger partial charge in [-0.3, -0.25) is 0 Å². The molecule has 3 nitrogen and oxygen atoms in total. The lowest BCUT2D eigenvalue weighted by molar-refractivity contribution is 0.177. The molecule has 0 aromatic carbocycles. The zero-order valence-electron chi connectivity index (χ0n) is 5.81. The molecule has 1 N–H and O–H groups in total. The molecule has 0 bridgehead atoms. The minimum Gasteiger partial charge on any atom is -0.447 e. The molecule has 1 heterocycles. The smallest absolute Gasteiger partial charge is 0.407 e. The van der Waals surface area contributed by atoms with Crippen molar-refractivity contribution in [3.63, 3.8) is 0 Å². The maximum atomic E-state index is 10.5. The molecule has 10 heavy (non-hydrogen) atoms. The van der Waals surface area contributed by atoms with Crippen LogP contribution >= 0.6 is 0 Å². The Kier molecular flexibility index (Phi) is 1.78. The number of carbonyl (C=O) groups excluding carboxylic acids is 1. The van der Waals surface area contributed by atoms with Gasteiger partial charge in [0.15, 0.2) is 0 Å². The summed E-state index contributed by atoms with van der Waals surface area (Å²) in [5.74, 6) is 0. The average molecular weight is 139 g/mol. The number of alkyl carbamates (subject to hydrolysis) is 1. The van der Waals surface area contributed by atoms with Crippen molar-refractivity contribution >= 4 is 6.09 Å². The number of nitrogens with one attached hydrogen (secondary N) is 1. The maximum Gasteiger partial charge on any atom is 0.407 e. The molecule has 0 aromatic heterocycles. The van der Waals surface area contributed by atoms with E-state index in [0.29, 0.717) is 6.61 Å². The van der Waals surface area contributed by atoms with E-state index in [2.05, 4.69) is 22.4 Å². The van der Waals surface area contributed by atoms with Gasteiger partial charge in [0.2, 0.25) is 0 Å². The molecule has 3 heteroatoms. The van der Waals surface area contributed by atoms with E-state index in [-0.39, 0.29) is 12.1 Å². The van der Waals surface area contributed by atoms with E-state index < -0.39 is 0 Å². The van der Waals surface area contributed by atoms with Crippen molar-refractivity contribution in [2.75, 3.05) is 6.61 Å². The Labute approximate surface area is 59.4 Å². The minimum atomic E-state index is -0.361. The second-order valence-electron chi connectivity index (χ2n) is 2.16. The van der Waals surface area contributed by atoms with Gasteiger partial charge in [-0.15, -0.1) is 5.73 Å². The van der Waals surface area contributed by atoms with Gasteiger partial charge in [0.1, 0.15) is 6.61 Å². The van der Waals surface area contributed by atoms with E-state index in [1.165, 1.54) is 0 Å². The molecule has 1 fully saturated rings. The van der Waals surface area contributed by atoms with E-state index in [1.807, 2.05) is 6.92 Å². The second kappa shape index (κ2) is 2.58. The lowest BCUT2D eigenvalue weighted by atomic mass is 10.2. The molecule has 1 saturated heterocycles. The molecule has 1 aliphatic rings. The Bertz CT molecular complexity index is 204. The lowest BCUT2D eigenvalue weighted by Gasteiger charge is -2.02. The van der Waals surface area contributed by atoms with Gasteiger partial charge in [-0.2, -0.15) is 0 Å². The van der Waals surface area contributed by atoms with Gasteiger partial charge >= 0.3 is 6.09 Å². The number of ether oxygens (including phenoxy) is 1. The van der Waals surface area contributed by atoms with Crippen molar-refractivity contribution in [2.45, 2.75) is 13.0 Å². The molecule has 0 aliphatic carbocycles. The summed E-state index contributed by atoms with van der Waals surface area (Å²) in [6.07, 6.45) is -0.361. The summed E-state index contributed by atoms with van der Waals surface area (Å²) in [6, 6.07) is -0.0231. The van der Waals surface area contributed by atoms with Crippen molar-refractivity contribution in [3.05, 3.63) is 17.9 Å². The summed E-state index contributed by atoms with van der Waals surface area (Å²) in [4.78, 5) is 10.5. The number of hydrogen-bond acceptors (Lipinski definition) is 2. The maximum absolute atomic E-state index is 10.5. The van der Waals surface area contributed by atoms with Crippen molar-refractivity contribution in [3.8, 4) is 0 Å². The first kappa shape index (κ1) is 6.90. The molecule has 1 aliphatic heterocycles. The average Bonchev–Trinajstić information content (AvgIpc) is 2.34. The van der Waals surface area contributed by atoms with E-state index >= 15 is 0 Å². The molecular formula is C7H9NO2. The number of amides is 1. The topological polar surface area (TPSA) is 38.3 Å². The van der Waals surface area contributed by atoms with Crippen LogP contribution in [0.25, 0.3) is 0 Å². The Morgan fingerprint density at radius 1 is 2.00 bits per heavy atom. The lowest BCUT2D eigenvalue weighted by Crippen LogP contribution is -2.26. The van der Waals surface area contributed by atoms with E-state index in [4.69, 9.17) is 0 Å². The van der Waals surface area contributed by atoms with Crippen LogP contribution in [0, 0.1) is 0 Å². The quantitative estimate of drug-likeness (QED) is 0.546. The molecule has 1 rings (SSSR count). The normalized spacial score (nSPS) is 22.9. The predicted molar refractivity (Wildman–Crippen MR) is 36.6 cm³/mol. The summed E-state index contributed by atoms with van der Waals surface area (Å²) >= 11 is 0. The number of rotatable bonds is 1. The molecule has 1 amide bonds.